The molecule has 0 atom stereocenters. The highest BCUT2D eigenvalue weighted by Gasteiger charge is 2.26. The molecule has 1 saturated carbocycles. The van der Waals surface area contributed by atoms with Crippen LogP contribution in [0.3, 0.4) is 0 Å². The summed E-state index contributed by atoms with van der Waals surface area (Å²) < 4.78 is 6.03. The van der Waals surface area contributed by atoms with Crippen molar-refractivity contribution >= 4 is 23.2 Å². The van der Waals surface area contributed by atoms with E-state index in [2.05, 4.69) is 44.4 Å². The van der Waals surface area contributed by atoms with Crippen LogP contribution in [0.4, 0.5) is 17.3 Å². The number of benzene rings is 1. The number of amides is 1. The number of hydrogen-bond acceptors (Lipinski definition) is 7. The summed E-state index contributed by atoms with van der Waals surface area (Å²) in [6, 6.07) is 9.01. The van der Waals surface area contributed by atoms with Crippen LogP contribution in [0.5, 0.6) is 6.01 Å². The highest BCUT2D eigenvalue weighted by Crippen LogP contribution is 2.35. The van der Waals surface area contributed by atoms with Crippen LogP contribution in [0.2, 0.25) is 0 Å². The molecule has 8 heteroatoms. The Bertz CT molecular complexity index is 969. The zero-order valence-electron chi connectivity index (χ0n) is 18.6. The van der Waals surface area contributed by atoms with E-state index in [4.69, 9.17) is 15.5 Å². The third kappa shape index (κ3) is 4.80. The molecule has 1 aromatic carbocycles. The first-order valence-electron chi connectivity index (χ1n) is 11.8. The van der Waals surface area contributed by atoms with E-state index in [-0.39, 0.29) is 17.8 Å². The van der Waals surface area contributed by atoms with Crippen LogP contribution < -0.4 is 20.7 Å². The molecule has 0 bridgehead atoms. The molecule has 1 amide bonds. The van der Waals surface area contributed by atoms with E-state index < -0.39 is 0 Å². The second-order valence-corrected chi connectivity index (χ2v) is 9.14. The summed E-state index contributed by atoms with van der Waals surface area (Å²) in [5.74, 6) is 0.823. The molecule has 5 rings (SSSR count). The van der Waals surface area contributed by atoms with Gasteiger partial charge in [0.15, 0.2) is 11.6 Å². The fraction of sp³-hybridized carbons (Fsp3) is 0.542. The Morgan fingerprint density at radius 3 is 2.56 bits per heavy atom. The Hall–Kier alpha value is -2.87. The number of fused-ring (bicyclic) bond motifs is 1. The number of nitrogens with one attached hydrogen (secondary N) is 1. The first-order valence-corrected chi connectivity index (χ1v) is 11.8. The summed E-state index contributed by atoms with van der Waals surface area (Å²) >= 11 is 0. The standard InChI is InChI=1S/C24H32N6O2/c25-22-21-23(28-24(27-22)32-19-8-1-2-9-19)30(13-10-20(31)26-21)16-18-7-5-6-17(14-18)15-29-11-3-4-12-29/h5-7,14,19H,1-4,8-13,15-16H2,(H,26,31)(H2,25,27,28). The highest BCUT2D eigenvalue weighted by atomic mass is 16.5. The predicted octanol–water partition coefficient (Wildman–Crippen LogP) is 3.32. The minimum absolute atomic E-state index is 0.0729. The number of hydrogen-bond donors (Lipinski definition) is 2. The van der Waals surface area contributed by atoms with Gasteiger partial charge in [-0.05, 0) is 62.7 Å². The zero-order chi connectivity index (χ0) is 21.9. The molecule has 0 spiro atoms. The van der Waals surface area contributed by atoms with Gasteiger partial charge in [-0.1, -0.05) is 24.3 Å². The van der Waals surface area contributed by atoms with Gasteiger partial charge >= 0.3 is 6.01 Å². The number of ether oxygens (including phenoxy) is 1. The fourth-order valence-electron chi connectivity index (χ4n) is 4.95. The van der Waals surface area contributed by atoms with Crippen LogP contribution in [0, 0.1) is 0 Å². The first-order chi connectivity index (χ1) is 15.6. The highest BCUT2D eigenvalue weighted by molar-refractivity contribution is 5.98. The smallest absolute Gasteiger partial charge is 0.320 e. The SMILES string of the molecule is Nc1nc(OC2CCCC2)nc2c1NC(=O)CCN2Cc1cccc(CN2CCCC2)c1. The second-order valence-electron chi connectivity index (χ2n) is 9.14. The Labute approximate surface area is 189 Å². The Morgan fingerprint density at radius 1 is 1.03 bits per heavy atom. The fourth-order valence-corrected chi connectivity index (χ4v) is 4.95. The third-order valence-corrected chi connectivity index (χ3v) is 6.61. The lowest BCUT2D eigenvalue weighted by Crippen LogP contribution is -2.26. The van der Waals surface area contributed by atoms with Crippen LogP contribution in [0.15, 0.2) is 24.3 Å². The maximum Gasteiger partial charge on any atom is 0.320 e. The van der Waals surface area contributed by atoms with Gasteiger partial charge in [0.1, 0.15) is 11.8 Å². The van der Waals surface area contributed by atoms with Gasteiger partial charge < -0.3 is 20.7 Å². The lowest BCUT2D eigenvalue weighted by molar-refractivity contribution is -0.115. The van der Waals surface area contributed by atoms with E-state index in [1.54, 1.807) is 0 Å². The van der Waals surface area contributed by atoms with E-state index in [0.29, 0.717) is 37.0 Å². The topological polar surface area (TPSA) is 96.6 Å². The van der Waals surface area contributed by atoms with Gasteiger partial charge in [-0.15, -0.1) is 0 Å². The van der Waals surface area contributed by atoms with Gasteiger partial charge in [-0.25, -0.2) is 0 Å². The number of anilines is 3. The molecule has 170 valence electrons. The zero-order valence-corrected chi connectivity index (χ0v) is 18.6. The quantitative estimate of drug-likeness (QED) is 0.717. The van der Waals surface area contributed by atoms with Crippen LogP contribution in [-0.4, -0.2) is 46.5 Å². The molecule has 1 aromatic heterocycles. The van der Waals surface area contributed by atoms with Gasteiger partial charge in [-0.2, -0.15) is 9.97 Å². The number of aromatic nitrogens is 2. The van der Waals surface area contributed by atoms with E-state index in [1.807, 2.05) is 0 Å². The number of nitrogens with two attached hydrogens (primary N) is 1. The molecule has 2 fully saturated rings. The summed E-state index contributed by atoms with van der Waals surface area (Å²) in [6.45, 7) is 4.55. The minimum Gasteiger partial charge on any atom is -0.460 e. The van der Waals surface area contributed by atoms with Crippen molar-refractivity contribution in [1.29, 1.82) is 0 Å². The summed E-state index contributed by atoms with van der Waals surface area (Å²) in [5.41, 5.74) is 9.24. The van der Waals surface area contributed by atoms with Crippen molar-refractivity contribution in [1.82, 2.24) is 14.9 Å². The molecule has 1 aliphatic carbocycles. The van der Waals surface area contributed by atoms with Crippen LogP contribution in [0.25, 0.3) is 0 Å². The largest absolute Gasteiger partial charge is 0.460 e. The number of carbonyl (C=O) groups excluding carboxylic acids is 1. The van der Waals surface area contributed by atoms with Crippen molar-refractivity contribution in [2.45, 2.75) is 64.1 Å². The number of likely N-dealkylation sites (tertiary alicyclic amines) is 1. The predicted molar refractivity (Wildman–Crippen MR) is 125 cm³/mol. The van der Waals surface area contributed by atoms with E-state index in [9.17, 15) is 4.79 Å². The number of rotatable bonds is 6. The van der Waals surface area contributed by atoms with Gasteiger partial charge in [0.05, 0.1) is 0 Å². The molecule has 3 N–H and O–H groups in total. The molecular weight excluding hydrogens is 404 g/mol. The van der Waals surface area contributed by atoms with Gasteiger partial charge in [0.2, 0.25) is 5.91 Å². The molecule has 3 heterocycles. The monoisotopic (exact) mass is 436 g/mol. The lowest BCUT2D eigenvalue weighted by Gasteiger charge is -2.24. The Kier molecular flexibility index (Phi) is 6.12. The maximum atomic E-state index is 12.3. The third-order valence-electron chi connectivity index (χ3n) is 6.61. The second kappa shape index (κ2) is 9.32. The summed E-state index contributed by atoms with van der Waals surface area (Å²) in [4.78, 5) is 26.0. The summed E-state index contributed by atoms with van der Waals surface area (Å²) in [6.07, 6.45) is 7.47. The molecule has 0 unspecified atom stereocenters. The molecular formula is C24H32N6O2. The first kappa shape index (κ1) is 21.0. The van der Waals surface area contributed by atoms with Crippen molar-refractivity contribution in [3.8, 4) is 6.01 Å². The van der Waals surface area contributed by atoms with Gasteiger partial charge in [0.25, 0.3) is 0 Å². The number of carbonyl (C=O) groups is 1. The van der Waals surface area contributed by atoms with E-state index in [1.165, 1.54) is 49.9 Å². The lowest BCUT2D eigenvalue weighted by atomic mass is 10.1. The van der Waals surface area contributed by atoms with Crippen LogP contribution >= 0.6 is 0 Å². The van der Waals surface area contributed by atoms with Crippen molar-refractivity contribution in [3.63, 3.8) is 0 Å². The van der Waals surface area contributed by atoms with E-state index in [0.717, 1.165) is 19.4 Å². The number of nitrogens with zero attached hydrogens (tertiary/aromatic N) is 4. The van der Waals surface area contributed by atoms with Crippen LogP contribution in [0.1, 0.15) is 56.1 Å². The molecule has 3 aliphatic rings. The van der Waals surface area contributed by atoms with Gasteiger partial charge in [-0.3, -0.25) is 9.69 Å². The normalized spacial score (nSPS) is 19.6. The molecule has 8 nitrogen and oxygen atoms in total. The molecule has 2 aliphatic heterocycles. The van der Waals surface area contributed by atoms with Crippen molar-refractivity contribution in [2.75, 3.05) is 35.6 Å². The molecule has 0 radical (unpaired) electrons. The minimum atomic E-state index is -0.0729. The Balaban J connectivity index is 1.39. The van der Waals surface area contributed by atoms with Crippen molar-refractivity contribution < 1.29 is 9.53 Å². The molecule has 32 heavy (non-hydrogen) atoms. The van der Waals surface area contributed by atoms with Crippen molar-refractivity contribution in [3.05, 3.63) is 35.4 Å². The van der Waals surface area contributed by atoms with Crippen molar-refractivity contribution in [2.24, 2.45) is 0 Å². The summed E-state index contributed by atoms with van der Waals surface area (Å²) in [7, 11) is 0. The summed E-state index contributed by atoms with van der Waals surface area (Å²) in [5, 5.41) is 2.89. The molecule has 1 saturated heterocycles. The van der Waals surface area contributed by atoms with Gasteiger partial charge in [0, 0.05) is 26.1 Å². The maximum absolute atomic E-state index is 12.3. The average molecular weight is 437 g/mol. The Morgan fingerprint density at radius 2 is 1.78 bits per heavy atom. The van der Waals surface area contributed by atoms with E-state index >= 15 is 0 Å². The van der Waals surface area contributed by atoms with Crippen LogP contribution in [-0.2, 0) is 17.9 Å². The molecule has 2 aromatic rings. The number of nitrogen functional groups attached to an aromatic ring is 1. The average Bonchev–Trinajstić information content (AvgIpc) is 3.45.